The number of benzene rings is 1. The molecule has 1 aromatic rings. The van der Waals surface area contributed by atoms with E-state index in [1.54, 1.807) is 11.0 Å². The van der Waals surface area contributed by atoms with Crippen LogP contribution in [0.3, 0.4) is 0 Å². The Morgan fingerprint density at radius 2 is 1.95 bits per heavy atom. The van der Waals surface area contributed by atoms with E-state index in [4.69, 9.17) is 22.1 Å². The maximum absolute atomic E-state index is 11.8. The molecule has 0 radical (unpaired) electrons. The normalized spacial score (nSPS) is 10.1. The van der Waals surface area contributed by atoms with Crippen molar-refractivity contribution >= 4 is 23.4 Å². The molecule has 0 unspecified atom stereocenters. The second kappa shape index (κ2) is 6.99. The Morgan fingerprint density at radius 1 is 1.32 bits per heavy atom. The van der Waals surface area contributed by atoms with Gasteiger partial charge in [0.15, 0.2) is 6.61 Å². The number of nitrogens with two attached hydrogens (primary N) is 1. The van der Waals surface area contributed by atoms with Gasteiger partial charge >= 0.3 is 0 Å². The van der Waals surface area contributed by atoms with Crippen molar-refractivity contribution in [2.45, 2.75) is 13.8 Å². The van der Waals surface area contributed by atoms with E-state index < -0.39 is 5.91 Å². The van der Waals surface area contributed by atoms with Gasteiger partial charge in [-0.1, -0.05) is 11.6 Å². The predicted molar refractivity (Wildman–Crippen MR) is 73.4 cm³/mol. The highest BCUT2D eigenvalue weighted by Crippen LogP contribution is 2.23. The fraction of sp³-hybridized carbons (Fsp3) is 0.385. The summed E-state index contributed by atoms with van der Waals surface area (Å²) in [5.41, 5.74) is 5.43. The maximum Gasteiger partial charge on any atom is 0.260 e. The molecule has 104 valence electrons. The number of halogens is 1. The van der Waals surface area contributed by atoms with E-state index in [0.717, 1.165) is 0 Å². The molecule has 0 saturated carbocycles. The largest absolute Gasteiger partial charge is 0.483 e. The minimum atomic E-state index is -0.623. The summed E-state index contributed by atoms with van der Waals surface area (Å²) in [6.45, 7) is 4.83. The average Bonchev–Trinajstić information content (AvgIpc) is 2.37. The van der Waals surface area contributed by atoms with Gasteiger partial charge in [-0.3, -0.25) is 9.59 Å². The van der Waals surface area contributed by atoms with Crippen molar-refractivity contribution in [3.8, 4) is 5.75 Å². The van der Waals surface area contributed by atoms with E-state index in [1.165, 1.54) is 12.1 Å². The number of carbonyl (C=O) groups is 2. The first-order chi connectivity index (χ1) is 8.99. The summed E-state index contributed by atoms with van der Waals surface area (Å²) >= 11 is 5.83. The lowest BCUT2D eigenvalue weighted by Crippen LogP contribution is -2.34. The molecule has 1 aromatic carbocycles. The highest BCUT2D eigenvalue weighted by atomic mass is 35.5. The summed E-state index contributed by atoms with van der Waals surface area (Å²) in [6.07, 6.45) is 0. The molecule has 0 aliphatic carbocycles. The number of carbonyl (C=O) groups excluding carboxylic acids is 2. The summed E-state index contributed by atoms with van der Waals surface area (Å²) < 4.78 is 5.35. The van der Waals surface area contributed by atoms with E-state index in [9.17, 15) is 9.59 Å². The molecule has 1 rings (SSSR count). The third-order valence-electron chi connectivity index (χ3n) is 2.68. The van der Waals surface area contributed by atoms with Gasteiger partial charge in [-0.2, -0.15) is 0 Å². The first-order valence-electron chi connectivity index (χ1n) is 5.99. The quantitative estimate of drug-likeness (QED) is 0.864. The highest BCUT2D eigenvalue weighted by molar-refractivity contribution is 6.30. The summed E-state index contributed by atoms with van der Waals surface area (Å²) in [5.74, 6) is -0.553. The first-order valence-corrected chi connectivity index (χ1v) is 6.37. The Hall–Kier alpha value is -1.75. The zero-order chi connectivity index (χ0) is 14.4. The molecule has 0 aliphatic rings. The van der Waals surface area contributed by atoms with Crippen molar-refractivity contribution in [3.63, 3.8) is 0 Å². The molecular weight excluding hydrogens is 268 g/mol. The highest BCUT2D eigenvalue weighted by Gasteiger charge is 2.14. The molecule has 0 saturated heterocycles. The standard InChI is InChI=1S/C13H17ClN2O3/c1-3-16(4-2)12(17)8-19-11-7-9(14)5-6-10(11)13(15)18/h5-7H,3-4,8H2,1-2H3,(H2,15,18). The molecular formula is C13H17ClN2O3. The van der Waals surface area contributed by atoms with Crippen molar-refractivity contribution in [2.24, 2.45) is 5.73 Å². The molecule has 0 fully saturated rings. The van der Waals surface area contributed by atoms with Gasteiger partial charge in [0.2, 0.25) is 0 Å². The van der Waals surface area contributed by atoms with Crippen LogP contribution in [0.5, 0.6) is 5.75 Å². The van der Waals surface area contributed by atoms with Crippen LogP contribution in [0.2, 0.25) is 5.02 Å². The van der Waals surface area contributed by atoms with E-state index in [2.05, 4.69) is 0 Å². The van der Waals surface area contributed by atoms with Gasteiger partial charge in [0.05, 0.1) is 5.56 Å². The van der Waals surface area contributed by atoms with Gasteiger partial charge < -0.3 is 15.4 Å². The van der Waals surface area contributed by atoms with Crippen LogP contribution in [-0.2, 0) is 4.79 Å². The van der Waals surface area contributed by atoms with E-state index >= 15 is 0 Å². The van der Waals surface area contributed by atoms with Crippen LogP contribution in [0.4, 0.5) is 0 Å². The van der Waals surface area contributed by atoms with Crippen molar-refractivity contribution in [2.75, 3.05) is 19.7 Å². The van der Waals surface area contributed by atoms with Crippen LogP contribution in [0.15, 0.2) is 18.2 Å². The minimum absolute atomic E-state index is 0.150. The Kier molecular flexibility index (Phi) is 5.63. The smallest absolute Gasteiger partial charge is 0.260 e. The number of ether oxygens (including phenoxy) is 1. The molecule has 0 heterocycles. The van der Waals surface area contributed by atoms with E-state index in [0.29, 0.717) is 18.1 Å². The number of nitrogens with zero attached hydrogens (tertiary/aromatic N) is 1. The molecule has 0 atom stereocenters. The van der Waals surface area contributed by atoms with Crippen molar-refractivity contribution < 1.29 is 14.3 Å². The zero-order valence-corrected chi connectivity index (χ0v) is 11.7. The van der Waals surface area contributed by atoms with Crippen LogP contribution >= 0.6 is 11.6 Å². The number of hydrogen-bond donors (Lipinski definition) is 1. The Bertz CT molecular complexity index is 473. The minimum Gasteiger partial charge on any atom is -0.483 e. The number of amides is 2. The predicted octanol–water partition coefficient (Wildman–Crippen LogP) is 1.69. The Balaban J connectivity index is 2.79. The van der Waals surface area contributed by atoms with E-state index in [-0.39, 0.29) is 23.8 Å². The van der Waals surface area contributed by atoms with Gasteiger partial charge in [-0.15, -0.1) is 0 Å². The van der Waals surface area contributed by atoms with Gasteiger partial charge in [0, 0.05) is 18.1 Å². The molecule has 5 nitrogen and oxygen atoms in total. The van der Waals surface area contributed by atoms with Crippen LogP contribution in [0.1, 0.15) is 24.2 Å². The Morgan fingerprint density at radius 3 is 2.47 bits per heavy atom. The molecule has 2 amide bonds. The number of likely N-dealkylation sites (N-methyl/N-ethyl adjacent to an activating group) is 1. The van der Waals surface area contributed by atoms with Crippen molar-refractivity contribution in [3.05, 3.63) is 28.8 Å². The fourth-order valence-electron chi connectivity index (χ4n) is 1.63. The van der Waals surface area contributed by atoms with Gasteiger partial charge in [-0.05, 0) is 32.0 Å². The molecule has 19 heavy (non-hydrogen) atoms. The zero-order valence-electron chi connectivity index (χ0n) is 11.0. The lowest BCUT2D eigenvalue weighted by molar-refractivity contribution is -0.132. The molecule has 6 heteroatoms. The van der Waals surface area contributed by atoms with Crippen LogP contribution in [0, 0.1) is 0 Å². The third-order valence-corrected chi connectivity index (χ3v) is 2.91. The molecule has 0 bridgehead atoms. The van der Waals surface area contributed by atoms with Crippen molar-refractivity contribution in [1.82, 2.24) is 4.90 Å². The molecule has 0 aromatic heterocycles. The SMILES string of the molecule is CCN(CC)C(=O)COc1cc(Cl)ccc1C(N)=O. The van der Waals surface area contributed by atoms with Crippen LogP contribution in [-0.4, -0.2) is 36.4 Å². The molecule has 2 N–H and O–H groups in total. The summed E-state index contributed by atoms with van der Waals surface area (Å²) in [6, 6.07) is 4.49. The number of primary amides is 1. The summed E-state index contributed by atoms with van der Waals surface area (Å²) in [7, 11) is 0. The van der Waals surface area contributed by atoms with E-state index in [1.807, 2.05) is 13.8 Å². The molecule has 0 spiro atoms. The van der Waals surface area contributed by atoms with Crippen molar-refractivity contribution in [1.29, 1.82) is 0 Å². The van der Waals surface area contributed by atoms with Gasteiger partial charge in [0.1, 0.15) is 5.75 Å². The first kappa shape index (κ1) is 15.3. The number of hydrogen-bond acceptors (Lipinski definition) is 3. The second-order valence-corrected chi connectivity index (χ2v) is 4.30. The van der Waals surface area contributed by atoms with Gasteiger partial charge in [0.25, 0.3) is 11.8 Å². The lowest BCUT2D eigenvalue weighted by atomic mass is 10.2. The lowest BCUT2D eigenvalue weighted by Gasteiger charge is -2.19. The van der Waals surface area contributed by atoms with Crippen LogP contribution in [0.25, 0.3) is 0 Å². The van der Waals surface area contributed by atoms with Crippen LogP contribution < -0.4 is 10.5 Å². The number of rotatable bonds is 6. The fourth-order valence-corrected chi connectivity index (χ4v) is 1.79. The summed E-state index contributed by atoms with van der Waals surface area (Å²) in [5, 5.41) is 0.412. The topological polar surface area (TPSA) is 72.6 Å². The Labute approximate surface area is 117 Å². The third kappa shape index (κ3) is 4.13. The summed E-state index contributed by atoms with van der Waals surface area (Å²) in [4.78, 5) is 24.7. The van der Waals surface area contributed by atoms with Gasteiger partial charge in [-0.25, -0.2) is 0 Å². The maximum atomic E-state index is 11.8. The second-order valence-electron chi connectivity index (χ2n) is 3.86. The molecule has 0 aliphatic heterocycles. The monoisotopic (exact) mass is 284 g/mol. The average molecular weight is 285 g/mol.